The van der Waals surface area contributed by atoms with Gasteiger partial charge in [0.1, 0.15) is 6.17 Å². The number of nitrogens with one attached hydrogen (secondary N) is 1. The van der Waals surface area contributed by atoms with E-state index in [1.54, 1.807) is 0 Å². The predicted molar refractivity (Wildman–Crippen MR) is 75.8 cm³/mol. The number of likely N-dealkylation sites (N-methyl/N-ethyl adjacent to an activating group) is 1. The topological polar surface area (TPSA) is 44.7 Å². The maximum atomic E-state index is 11.9. The lowest BCUT2D eigenvalue weighted by molar-refractivity contribution is -0.125. The van der Waals surface area contributed by atoms with Gasteiger partial charge in [0, 0.05) is 18.2 Å². The van der Waals surface area contributed by atoms with Crippen molar-refractivity contribution in [3.63, 3.8) is 0 Å². The maximum absolute atomic E-state index is 11.9. The van der Waals surface area contributed by atoms with Gasteiger partial charge in [-0.1, -0.05) is 33.6 Å². The van der Waals surface area contributed by atoms with Gasteiger partial charge < -0.3 is 5.32 Å². The number of rotatable bonds is 6. The fourth-order valence-electron chi connectivity index (χ4n) is 2.29. The number of aliphatic imine (C=N–C) groups is 1. The summed E-state index contributed by atoms with van der Waals surface area (Å²) in [5.41, 5.74) is 1.16. The zero-order valence-electron chi connectivity index (χ0n) is 12.4. The Hall–Kier alpha value is -0.900. The minimum Gasteiger partial charge on any atom is -0.350 e. The smallest absolute Gasteiger partial charge is 0.222 e. The number of carbonyl (C=O) groups excluding carboxylic acids is 1. The number of unbranched alkanes of at least 4 members (excludes halogenated alkanes) is 1. The van der Waals surface area contributed by atoms with E-state index in [4.69, 9.17) is 0 Å². The quantitative estimate of drug-likeness (QED) is 0.787. The van der Waals surface area contributed by atoms with E-state index in [1.807, 2.05) is 13.8 Å². The molecule has 1 heterocycles. The van der Waals surface area contributed by atoms with E-state index in [-0.39, 0.29) is 24.0 Å². The summed E-state index contributed by atoms with van der Waals surface area (Å²) >= 11 is 0. The van der Waals surface area contributed by atoms with Crippen LogP contribution in [0.3, 0.4) is 0 Å². The first kappa shape index (κ1) is 15.2. The lowest BCUT2D eigenvalue weighted by Gasteiger charge is -2.28. The van der Waals surface area contributed by atoms with Crippen LogP contribution in [0.25, 0.3) is 0 Å². The summed E-state index contributed by atoms with van der Waals surface area (Å²) in [6.07, 6.45) is 3.38. The van der Waals surface area contributed by atoms with Gasteiger partial charge in [0.15, 0.2) is 0 Å². The zero-order valence-corrected chi connectivity index (χ0v) is 12.4. The van der Waals surface area contributed by atoms with Gasteiger partial charge in [-0.25, -0.2) is 0 Å². The SMILES string of the molecule is CCCCC(NC(=O)C(C)C)C1N=C(C)CN1C. The van der Waals surface area contributed by atoms with Crippen molar-refractivity contribution in [1.82, 2.24) is 10.2 Å². The van der Waals surface area contributed by atoms with Crippen LogP contribution in [0.1, 0.15) is 47.0 Å². The Morgan fingerprint density at radius 1 is 1.56 bits per heavy atom. The summed E-state index contributed by atoms with van der Waals surface area (Å²) in [5.74, 6) is 0.162. The third kappa shape index (κ3) is 4.09. The molecule has 0 aliphatic carbocycles. The molecule has 0 aromatic heterocycles. The Bertz CT molecular complexity index is 312. The molecule has 1 N–H and O–H groups in total. The van der Waals surface area contributed by atoms with Crippen molar-refractivity contribution in [3.05, 3.63) is 0 Å². The third-order valence-corrected chi connectivity index (χ3v) is 3.36. The molecule has 4 nitrogen and oxygen atoms in total. The highest BCUT2D eigenvalue weighted by atomic mass is 16.1. The van der Waals surface area contributed by atoms with E-state index in [0.717, 1.165) is 31.5 Å². The van der Waals surface area contributed by atoms with Gasteiger partial charge in [-0.2, -0.15) is 0 Å². The molecule has 4 heteroatoms. The predicted octanol–water partition coefficient (Wildman–Crippen LogP) is 2.05. The molecule has 0 fully saturated rings. The first-order valence-electron chi connectivity index (χ1n) is 6.99. The van der Waals surface area contributed by atoms with Gasteiger partial charge in [-0.05, 0) is 20.4 Å². The van der Waals surface area contributed by atoms with Crippen molar-refractivity contribution in [2.45, 2.75) is 59.2 Å². The highest BCUT2D eigenvalue weighted by molar-refractivity contribution is 5.85. The number of amides is 1. The number of carbonyl (C=O) groups is 1. The van der Waals surface area contributed by atoms with Gasteiger partial charge in [0.25, 0.3) is 0 Å². The fraction of sp³-hybridized carbons (Fsp3) is 0.857. The average Bonchev–Trinajstić information content (AvgIpc) is 2.63. The van der Waals surface area contributed by atoms with Gasteiger partial charge >= 0.3 is 0 Å². The molecule has 0 aromatic carbocycles. The lowest BCUT2D eigenvalue weighted by Crippen LogP contribution is -2.49. The molecule has 0 bridgehead atoms. The molecule has 0 saturated heterocycles. The van der Waals surface area contributed by atoms with Gasteiger partial charge in [-0.3, -0.25) is 14.7 Å². The van der Waals surface area contributed by atoms with E-state index in [9.17, 15) is 4.79 Å². The summed E-state index contributed by atoms with van der Waals surface area (Å²) in [4.78, 5) is 18.8. The second-order valence-corrected chi connectivity index (χ2v) is 5.61. The molecule has 104 valence electrons. The van der Waals surface area contributed by atoms with Crippen LogP contribution >= 0.6 is 0 Å². The van der Waals surface area contributed by atoms with Crippen molar-refractivity contribution in [3.8, 4) is 0 Å². The first-order valence-corrected chi connectivity index (χ1v) is 6.99. The minimum absolute atomic E-state index is 0.0333. The van der Waals surface area contributed by atoms with E-state index in [0.29, 0.717) is 0 Å². The molecule has 18 heavy (non-hydrogen) atoms. The maximum Gasteiger partial charge on any atom is 0.222 e. The summed E-state index contributed by atoms with van der Waals surface area (Å²) in [7, 11) is 2.07. The second kappa shape index (κ2) is 6.88. The average molecular weight is 253 g/mol. The molecule has 1 amide bonds. The minimum atomic E-state index is 0.0333. The van der Waals surface area contributed by atoms with Crippen LogP contribution in [0.2, 0.25) is 0 Å². The molecule has 0 aromatic rings. The first-order chi connectivity index (χ1) is 8.45. The summed E-state index contributed by atoms with van der Waals surface area (Å²) < 4.78 is 0. The Labute approximate surface area is 111 Å². The van der Waals surface area contributed by atoms with Crippen LogP contribution < -0.4 is 5.32 Å². The lowest BCUT2D eigenvalue weighted by atomic mass is 10.1. The number of nitrogens with zero attached hydrogens (tertiary/aromatic N) is 2. The Balaban J connectivity index is 2.68. The van der Waals surface area contributed by atoms with Crippen molar-refractivity contribution in [1.29, 1.82) is 0 Å². The van der Waals surface area contributed by atoms with Gasteiger partial charge in [0.2, 0.25) is 5.91 Å². The largest absolute Gasteiger partial charge is 0.350 e. The molecular formula is C14H27N3O. The highest BCUT2D eigenvalue weighted by Gasteiger charge is 2.30. The molecule has 1 aliphatic rings. The van der Waals surface area contributed by atoms with Crippen LogP contribution in [-0.4, -0.2) is 42.3 Å². The Kier molecular flexibility index (Phi) is 5.79. The van der Waals surface area contributed by atoms with Crippen molar-refractivity contribution in [2.75, 3.05) is 13.6 Å². The van der Waals surface area contributed by atoms with Crippen molar-refractivity contribution in [2.24, 2.45) is 10.9 Å². The zero-order chi connectivity index (χ0) is 13.7. The highest BCUT2D eigenvalue weighted by Crippen LogP contribution is 2.17. The molecule has 1 aliphatic heterocycles. The van der Waals surface area contributed by atoms with Crippen molar-refractivity contribution >= 4 is 11.6 Å². The molecule has 2 unspecified atom stereocenters. The van der Waals surface area contributed by atoms with E-state index in [1.165, 1.54) is 0 Å². The van der Waals surface area contributed by atoms with Crippen molar-refractivity contribution < 1.29 is 4.79 Å². The van der Waals surface area contributed by atoms with E-state index >= 15 is 0 Å². The van der Waals surface area contributed by atoms with Crippen LogP contribution in [0.15, 0.2) is 4.99 Å². The fourth-order valence-corrected chi connectivity index (χ4v) is 2.29. The molecule has 2 atom stereocenters. The standard InChI is InChI=1S/C14H27N3O/c1-6-7-8-12(16-14(18)10(2)3)13-15-11(4)9-17(13)5/h10,12-13H,6-9H2,1-5H3,(H,16,18). The third-order valence-electron chi connectivity index (χ3n) is 3.36. The Morgan fingerprint density at radius 2 is 2.22 bits per heavy atom. The molecule has 0 radical (unpaired) electrons. The molecular weight excluding hydrogens is 226 g/mol. The summed E-state index contributed by atoms with van der Waals surface area (Å²) in [5, 5.41) is 3.16. The summed E-state index contributed by atoms with van der Waals surface area (Å²) in [6, 6.07) is 0.141. The Morgan fingerprint density at radius 3 is 2.67 bits per heavy atom. The van der Waals surface area contributed by atoms with Gasteiger partial charge in [-0.15, -0.1) is 0 Å². The van der Waals surface area contributed by atoms with Gasteiger partial charge in [0.05, 0.1) is 6.04 Å². The number of hydrogen-bond acceptors (Lipinski definition) is 3. The van der Waals surface area contributed by atoms with Crippen LogP contribution in [0.5, 0.6) is 0 Å². The van der Waals surface area contributed by atoms with Crippen LogP contribution in [0, 0.1) is 5.92 Å². The van der Waals surface area contributed by atoms with Crippen LogP contribution in [0.4, 0.5) is 0 Å². The summed E-state index contributed by atoms with van der Waals surface area (Å²) in [6.45, 7) is 8.99. The van der Waals surface area contributed by atoms with E-state index in [2.05, 4.69) is 36.1 Å². The van der Waals surface area contributed by atoms with Crippen LogP contribution in [-0.2, 0) is 4.79 Å². The molecule has 0 spiro atoms. The number of hydrogen-bond donors (Lipinski definition) is 1. The molecule has 0 saturated carbocycles. The monoisotopic (exact) mass is 253 g/mol. The van der Waals surface area contributed by atoms with E-state index < -0.39 is 0 Å². The second-order valence-electron chi connectivity index (χ2n) is 5.61. The molecule has 1 rings (SSSR count). The normalized spacial score (nSPS) is 22.1.